The molecule has 2 aliphatic rings. The molecule has 3 unspecified atom stereocenters. The molecule has 280 valence electrons. The van der Waals surface area contributed by atoms with Gasteiger partial charge in [0.2, 0.25) is 0 Å². The number of Topliss-reactive ketones (excluding diaryl/α,β-unsaturated/α-hetero) is 2. The molecule has 3 rings (SSSR count). The van der Waals surface area contributed by atoms with Crippen molar-refractivity contribution in [1.82, 2.24) is 4.90 Å². The quantitative estimate of drug-likeness (QED) is 0.115. The van der Waals surface area contributed by atoms with Crippen LogP contribution < -0.4 is 4.74 Å². The molecule has 1 fully saturated rings. The number of piperidine rings is 1. The van der Waals surface area contributed by atoms with E-state index in [1.165, 1.54) is 118 Å². The van der Waals surface area contributed by atoms with E-state index in [9.17, 15) is 9.59 Å². The normalized spacial score (nSPS) is 19.9. The lowest BCUT2D eigenvalue weighted by Gasteiger charge is -2.38. The van der Waals surface area contributed by atoms with Crippen molar-refractivity contribution in [2.45, 2.75) is 196 Å². The van der Waals surface area contributed by atoms with Gasteiger partial charge in [-0.3, -0.25) is 9.59 Å². The van der Waals surface area contributed by atoms with E-state index in [-0.39, 0.29) is 17.2 Å². The predicted octanol–water partition coefficient (Wildman–Crippen LogP) is 11.9. The molecule has 0 radical (unpaired) electrons. The van der Waals surface area contributed by atoms with E-state index in [0.29, 0.717) is 25.7 Å². The summed E-state index contributed by atoms with van der Waals surface area (Å²) >= 11 is 0. The molecule has 0 N–H and O–H groups in total. The van der Waals surface area contributed by atoms with Gasteiger partial charge in [-0.05, 0) is 157 Å². The van der Waals surface area contributed by atoms with Crippen LogP contribution in [0.4, 0.5) is 0 Å². The van der Waals surface area contributed by atoms with Crippen LogP contribution in [-0.4, -0.2) is 41.7 Å². The number of likely N-dealkylation sites (tertiary alicyclic amines) is 1. The third-order valence-corrected chi connectivity index (χ3v) is 12.4. The van der Waals surface area contributed by atoms with Crippen LogP contribution in [0.5, 0.6) is 5.75 Å². The van der Waals surface area contributed by atoms with Gasteiger partial charge in [-0.15, -0.1) is 0 Å². The van der Waals surface area contributed by atoms with Gasteiger partial charge < -0.3 is 9.64 Å². The van der Waals surface area contributed by atoms with Crippen molar-refractivity contribution in [3.05, 3.63) is 27.8 Å². The number of carbonyl (C=O) groups excluding carboxylic acids is 2. The second kappa shape index (κ2) is 21.0. The highest BCUT2D eigenvalue weighted by Crippen LogP contribution is 2.43. The molecule has 4 nitrogen and oxygen atoms in total. The van der Waals surface area contributed by atoms with E-state index in [1.54, 1.807) is 0 Å². The molecular formula is C45H77NO3. The van der Waals surface area contributed by atoms with Gasteiger partial charge in [0.25, 0.3) is 0 Å². The van der Waals surface area contributed by atoms with E-state index in [4.69, 9.17) is 4.74 Å². The van der Waals surface area contributed by atoms with Gasteiger partial charge in [-0.1, -0.05) is 79.6 Å². The number of ether oxygens (including phenoxy) is 1. The molecule has 0 aromatic heterocycles. The Kier molecular flexibility index (Phi) is 17.9. The Balaban J connectivity index is 1.40. The van der Waals surface area contributed by atoms with Gasteiger partial charge in [0.15, 0.2) is 0 Å². The maximum Gasteiger partial charge on any atom is 0.137 e. The summed E-state index contributed by atoms with van der Waals surface area (Å²) in [5.41, 5.74) is 5.97. The molecule has 2 aliphatic heterocycles. The summed E-state index contributed by atoms with van der Waals surface area (Å²) in [6.45, 7) is 24.3. The maximum absolute atomic E-state index is 13.2. The van der Waals surface area contributed by atoms with Crippen LogP contribution >= 0.6 is 0 Å². The molecule has 2 heterocycles. The van der Waals surface area contributed by atoms with Gasteiger partial charge in [-0.25, -0.2) is 0 Å². The zero-order chi connectivity index (χ0) is 36.0. The van der Waals surface area contributed by atoms with E-state index in [1.807, 2.05) is 0 Å². The fraction of sp³-hybridized carbons (Fsp3) is 0.822. The van der Waals surface area contributed by atoms with Crippen LogP contribution in [0, 0.1) is 44.4 Å². The van der Waals surface area contributed by atoms with Gasteiger partial charge in [0.05, 0.1) is 0 Å². The largest absolute Gasteiger partial charge is 0.487 e. The molecule has 4 heteroatoms. The van der Waals surface area contributed by atoms with Crippen LogP contribution in [0.2, 0.25) is 0 Å². The summed E-state index contributed by atoms with van der Waals surface area (Å²) in [6.07, 6.45) is 21.6. The van der Waals surface area contributed by atoms with E-state index in [2.05, 4.69) is 67.2 Å². The van der Waals surface area contributed by atoms with Crippen LogP contribution in [0.15, 0.2) is 0 Å². The molecule has 0 aliphatic carbocycles. The van der Waals surface area contributed by atoms with Crippen molar-refractivity contribution >= 4 is 11.6 Å². The molecule has 3 atom stereocenters. The Morgan fingerprint density at radius 2 is 1.41 bits per heavy atom. The highest BCUT2D eigenvalue weighted by atomic mass is 16.5. The summed E-state index contributed by atoms with van der Waals surface area (Å²) in [5.74, 6) is 4.77. The summed E-state index contributed by atoms with van der Waals surface area (Å²) in [5, 5.41) is 0. The zero-order valence-electron chi connectivity index (χ0n) is 33.7. The summed E-state index contributed by atoms with van der Waals surface area (Å²) < 4.78 is 6.86. The van der Waals surface area contributed by atoms with E-state index >= 15 is 0 Å². The number of carbonyl (C=O) groups is 2. The first-order chi connectivity index (χ1) is 23.3. The molecule has 0 saturated carbocycles. The Morgan fingerprint density at radius 3 is 2.04 bits per heavy atom. The third kappa shape index (κ3) is 14.1. The van der Waals surface area contributed by atoms with Gasteiger partial charge in [0.1, 0.15) is 22.9 Å². The second-order valence-corrected chi connectivity index (χ2v) is 17.5. The number of ketones is 2. The second-order valence-electron chi connectivity index (χ2n) is 17.5. The van der Waals surface area contributed by atoms with Crippen molar-refractivity contribution in [3.63, 3.8) is 0 Å². The molecule has 1 aromatic carbocycles. The first kappa shape index (κ1) is 41.7. The number of hydrogen-bond donors (Lipinski definition) is 0. The predicted molar refractivity (Wildman–Crippen MR) is 209 cm³/mol. The lowest BCUT2D eigenvalue weighted by atomic mass is 9.81. The number of fused-ring (bicyclic) bond motifs is 1. The van der Waals surface area contributed by atoms with Crippen molar-refractivity contribution < 1.29 is 14.3 Å². The lowest BCUT2D eigenvalue weighted by Crippen LogP contribution is -2.37. The van der Waals surface area contributed by atoms with Gasteiger partial charge in [0, 0.05) is 25.7 Å². The third-order valence-electron chi connectivity index (χ3n) is 12.4. The first-order valence-corrected chi connectivity index (χ1v) is 20.9. The Morgan fingerprint density at radius 1 is 0.796 bits per heavy atom. The molecule has 0 amide bonds. The topological polar surface area (TPSA) is 46.6 Å². The minimum absolute atomic E-state index is 0.120. The Hall–Kier alpha value is -1.68. The molecule has 1 saturated heterocycles. The van der Waals surface area contributed by atoms with Crippen LogP contribution in [0.1, 0.15) is 185 Å². The number of rotatable bonds is 23. The van der Waals surface area contributed by atoms with Crippen molar-refractivity contribution in [2.75, 3.05) is 19.6 Å². The maximum atomic E-state index is 13.2. The highest BCUT2D eigenvalue weighted by molar-refractivity contribution is 5.87. The Labute approximate surface area is 303 Å². The summed E-state index contributed by atoms with van der Waals surface area (Å²) in [4.78, 5) is 28.4. The monoisotopic (exact) mass is 680 g/mol. The minimum Gasteiger partial charge on any atom is -0.487 e. The zero-order valence-corrected chi connectivity index (χ0v) is 33.7. The van der Waals surface area contributed by atoms with E-state index in [0.717, 1.165) is 61.5 Å². The summed E-state index contributed by atoms with van der Waals surface area (Å²) in [7, 11) is 0. The average Bonchev–Trinajstić information content (AvgIpc) is 3.05. The van der Waals surface area contributed by atoms with Gasteiger partial charge in [-0.2, -0.15) is 0 Å². The fourth-order valence-electron chi connectivity index (χ4n) is 8.72. The smallest absolute Gasteiger partial charge is 0.137 e. The first-order valence-electron chi connectivity index (χ1n) is 20.9. The Bertz CT molecular complexity index is 1160. The molecule has 49 heavy (non-hydrogen) atoms. The number of benzene rings is 1. The average molecular weight is 680 g/mol. The minimum atomic E-state index is -0.120. The lowest BCUT2D eigenvalue weighted by molar-refractivity contribution is -0.124. The van der Waals surface area contributed by atoms with Crippen molar-refractivity contribution in [1.29, 1.82) is 0 Å². The van der Waals surface area contributed by atoms with E-state index < -0.39 is 0 Å². The van der Waals surface area contributed by atoms with Crippen LogP contribution in [-0.2, 0) is 22.4 Å². The standard InChI is InChI=1S/C45H77NO3/c1-10-29-46-30-25-39(26-31-46)20-13-21-40(47)22-23-41(48)32-43-36(6)37(7)44-42(38(43)8)24-28-45(9,49-44)27-14-19-35(5)18-12-17-34(4)16-11-15-33(2)3/h33-35,39H,10-32H2,1-9H3. The van der Waals surface area contributed by atoms with Crippen molar-refractivity contribution in [2.24, 2.45) is 23.7 Å². The molecule has 0 bridgehead atoms. The SMILES string of the molecule is CCCN1CCC(CCCC(=O)CCC(=O)Cc2c(C)c(C)c3c(c2C)CCC(C)(CCCC(C)CCCC(C)CCCC(C)C)O3)CC1. The van der Waals surface area contributed by atoms with Crippen LogP contribution in [0.25, 0.3) is 0 Å². The van der Waals surface area contributed by atoms with Gasteiger partial charge >= 0.3 is 0 Å². The molecular weight excluding hydrogens is 602 g/mol. The summed E-state index contributed by atoms with van der Waals surface area (Å²) in [6, 6.07) is 0. The highest BCUT2D eigenvalue weighted by Gasteiger charge is 2.34. The van der Waals surface area contributed by atoms with Crippen molar-refractivity contribution in [3.8, 4) is 5.75 Å². The number of nitrogens with zero attached hydrogens (tertiary/aromatic N) is 1. The number of hydrogen-bond acceptors (Lipinski definition) is 4. The molecule has 1 aromatic rings. The van der Waals surface area contributed by atoms with Crippen LogP contribution in [0.3, 0.4) is 0 Å². The fourth-order valence-corrected chi connectivity index (χ4v) is 8.72. The molecule has 0 spiro atoms.